The molecule has 0 fully saturated rings. The van der Waals surface area contributed by atoms with Crippen LogP contribution in [0.25, 0.3) is 0 Å². The number of ether oxygens (including phenoxy) is 2. The highest BCUT2D eigenvalue weighted by Gasteiger charge is 2.30. The molecule has 1 unspecified atom stereocenters. The van der Waals surface area contributed by atoms with E-state index in [1.54, 1.807) is 6.92 Å². The normalized spacial score (nSPS) is 11.6. The van der Waals surface area contributed by atoms with Gasteiger partial charge in [-0.1, -0.05) is 0 Å². The molecule has 0 N–H and O–H groups in total. The van der Waals surface area contributed by atoms with Gasteiger partial charge in [0.25, 0.3) is 6.10 Å². The first-order valence-corrected chi connectivity index (χ1v) is 4.48. The molecule has 6 heteroatoms. The summed E-state index contributed by atoms with van der Waals surface area (Å²) in [6.07, 6.45) is -1.54. The smallest absolute Gasteiger partial charge is 0.355 e. The number of halogens is 1. The molecule has 0 saturated carbocycles. The molecule has 0 radical (unpaired) electrons. The maximum atomic E-state index is 11.1. The van der Waals surface area contributed by atoms with E-state index < -0.39 is 29.7 Å². The summed E-state index contributed by atoms with van der Waals surface area (Å²) in [6, 6.07) is 0. The van der Waals surface area contributed by atoms with E-state index in [-0.39, 0.29) is 6.61 Å². The zero-order chi connectivity index (χ0) is 11.1. The zero-order valence-corrected chi connectivity index (χ0v) is 8.67. The molecule has 0 aromatic heterocycles. The molecule has 0 aliphatic heterocycles. The third-order valence-electron chi connectivity index (χ3n) is 1.21. The Hall–Kier alpha value is -1.10. The predicted octanol–water partition coefficient (Wildman–Crippen LogP) is 0.289. The van der Waals surface area contributed by atoms with Gasteiger partial charge in [0.1, 0.15) is 0 Å². The van der Waals surface area contributed by atoms with Gasteiger partial charge in [-0.3, -0.25) is 9.59 Å². The van der Waals surface area contributed by atoms with Crippen LogP contribution in [-0.4, -0.2) is 36.3 Å². The topological polar surface area (TPSA) is 69.7 Å². The Morgan fingerprint density at radius 2 is 1.93 bits per heavy atom. The first-order chi connectivity index (χ1) is 6.52. The monoisotopic (exact) mass is 222 g/mol. The second kappa shape index (κ2) is 6.37. The van der Waals surface area contributed by atoms with Crippen molar-refractivity contribution in [2.45, 2.75) is 20.0 Å². The lowest BCUT2D eigenvalue weighted by Gasteiger charge is -2.12. The SMILES string of the molecule is CCOC(=O)C(OC(C)=O)C(=O)CCl. The minimum Gasteiger partial charge on any atom is -0.463 e. The van der Waals surface area contributed by atoms with Crippen molar-refractivity contribution in [3.63, 3.8) is 0 Å². The summed E-state index contributed by atoms with van der Waals surface area (Å²) >= 11 is 5.23. The molecule has 0 rings (SSSR count). The first-order valence-electron chi connectivity index (χ1n) is 3.95. The molecule has 0 aliphatic rings. The molecule has 0 spiro atoms. The molecule has 0 aromatic rings. The molecule has 14 heavy (non-hydrogen) atoms. The molecular weight excluding hydrogens is 212 g/mol. The largest absolute Gasteiger partial charge is 0.463 e. The van der Waals surface area contributed by atoms with E-state index in [4.69, 9.17) is 11.6 Å². The average Bonchev–Trinajstić information content (AvgIpc) is 2.13. The van der Waals surface area contributed by atoms with Crippen molar-refractivity contribution >= 4 is 29.3 Å². The van der Waals surface area contributed by atoms with Gasteiger partial charge >= 0.3 is 11.9 Å². The van der Waals surface area contributed by atoms with Gasteiger partial charge in [0, 0.05) is 6.92 Å². The highest BCUT2D eigenvalue weighted by atomic mass is 35.5. The lowest BCUT2D eigenvalue weighted by atomic mass is 10.2. The summed E-state index contributed by atoms with van der Waals surface area (Å²) in [6.45, 7) is 2.77. The fourth-order valence-electron chi connectivity index (χ4n) is 0.699. The van der Waals surface area contributed by atoms with Crippen molar-refractivity contribution in [2.75, 3.05) is 12.5 Å². The van der Waals surface area contributed by atoms with Crippen LogP contribution >= 0.6 is 11.6 Å². The molecule has 1 atom stereocenters. The van der Waals surface area contributed by atoms with Crippen LogP contribution in [0, 0.1) is 0 Å². The number of ketones is 1. The number of hydrogen-bond donors (Lipinski definition) is 0. The van der Waals surface area contributed by atoms with Crippen molar-refractivity contribution in [1.29, 1.82) is 0 Å². The number of alkyl halides is 1. The van der Waals surface area contributed by atoms with Gasteiger partial charge in [0.15, 0.2) is 5.78 Å². The zero-order valence-electron chi connectivity index (χ0n) is 7.91. The molecule has 0 aromatic carbocycles. The molecule has 0 bridgehead atoms. The van der Waals surface area contributed by atoms with Gasteiger partial charge in [-0.15, -0.1) is 11.6 Å². The third-order valence-corrected chi connectivity index (χ3v) is 1.47. The first kappa shape index (κ1) is 12.9. The van der Waals surface area contributed by atoms with Crippen LogP contribution in [0.5, 0.6) is 0 Å². The Balaban J connectivity index is 4.45. The fourth-order valence-corrected chi connectivity index (χ4v) is 0.839. The van der Waals surface area contributed by atoms with Gasteiger partial charge in [0.05, 0.1) is 12.5 Å². The second-order valence-electron chi connectivity index (χ2n) is 2.34. The highest BCUT2D eigenvalue weighted by molar-refractivity contribution is 6.30. The summed E-state index contributed by atoms with van der Waals surface area (Å²) in [5.74, 6) is -2.73. The molecule has 5 nitrogen and oxygen atoms in total. The Labute approximate surface area is 86.3 Å². The van der Waals surface area contributed by atoms with Crippen LogP contribution in [0.2, 0.25) is 0 Å². The summed E-state index contributed by atoms with van der Waals surface area (Å²) in [7, 11) is 0. The van der Waals surface area contributed by atoms with E-state index >= 15 is 0 Å². The maximum absolute atomic E-state index is 11.1. The van der Waals surface area contributed by atoms with Crippen LogP contribution in [0.3, 0.4) is 0 Å². The van der Waals surface area contributed by atoms with Gasteiger partial charge in [-0.25, -0.2) is 4.79 Å². The third kappa shape index (κ3) is 4.23. The molecular formula is C8H11ClO5. The molecule has 80 valence electrons. The number of esters is 2. The van der Waals surface area contributed by atoms with Crippen LogP contribution in [0.1, 0.15) is 13.8 Å². The van der Waals surface area contributed by atoms with Gasteiger partial charge < -0.3 is 9.47 Å². The molecule has 0 amide bonds. The minimum absolute atomic E-state index is 0.103. The maximum Gasteiger partial charge on any atom is 0.355 e. The molecule has 0 saturated heterocycles. The van der Waals surface area contributed by atoms with Crippen molar-refractivity contribution in [3.05, 3.63) is 0 Å². The van der Waals surface area contributed by atoms with Gasteiger partial charge in [-0.2, -0.15) is 0 Å². The standard InChI is InChI=1S/C8H11ClO5/c1-3-13-8(12)7(6(11)4-9)14-5(2)10/h7H,3-4H2,1-2H3. The summed E-state index contributed by atoms with van der Waals surface area (Å²) in [4.78, 5) is 32.7. The summed E-state index contributed by atoms with van der Waals surface area (Å²) < 4.78 is 9.00. The number of carbonyl (C=O) groups is 3. The Morgan fingerprint density at radius 3 is 2.29 bits per heavy atom. The predicted molar refractivity (Wildman–Crippen MR) is 47.9 cm³/mol. The fraction of sp³-hybridized carbons (Fsp3) is 0.625. The average molecular weight is 223 g/mol. The van der Waals surface area contributed by atoms with Crippen molar-refractivity contribution in [1.82, 2.24) is 0 Å². The second-order valence-corrected chi connectivity index (χ2v) is 2.61. The molecule has 0 aliphatic carbocycles. The lowest BCUT2D eigenvalue weighted by Crippen LogP contribution is -2.36. The number of carbonyl (C=O) groups excluding carboxylic acids is 3. The summed E-state index contributed by atoms with van der Waals surface area (Å²) in [5.41, 5.74) is 0. The molecule has 0 heterocycles. The Morgan fingerprint density at radius 1 is 1.36 bits per heavy atom. The Kier molecular flexibility index (Phi) is 5.87. The van der Waals surface area contributed by atoms with E-state index in [1.165, 1.54) is 0 Å². The minimum atomic E-state index is -1.54. The van der Waals surface area contributed by atoms with Crippen LogP contribution in [0.15, 0.2) is 0 Å². The number of rotatable bonds is 5. The highest BCUT2D eigenvalue weighted by Crippen LogP contribution is 2.00. The van der Waals surface area contributed by atoms with Crippen LogP contribution in [0.4, 0.5) is 0 Å². The van der Waals surface area contributed by atoms with E-state index in [9.17, 15) is 14.4 Å². The van der Waals surface area contributed by atoms with Gasteiger partial charge in [-0.05, 0) is 6.92 Å². The quantitative estimate of drug-likeness (QED) is 0.380. The van der Waals surface area contributed by atoms with E-state index in [1.807, 2.05) is 0 Å². The van der Waals surface area contributed by atoms with Gasteiger partial charge in [0.2, 0.25) is 0 Å². The van der Waals surface area contributed by atoms with Crippen molar-refractivity contribution in [3.8, 4) is 0 Å². The number of Topliss-reactive ketones (excluding diaryl/α,β-unsaturated/α-hetero) is 1. The van der Waals surface area contributed by atoms with Crippen LogP contribution < -0.4 is 0 Å². The van der Waals surface area contributed by atoms with Crippen LogP contribution in [-0.2, 0) is 23.9 Å². The van der Waals surface area contributed by atoms with Crippen molar-refractivity contribution in [2.24, 2.45) is 0 Å². The Bertz CT molecular complexity index is 238. The van der Waals surface area contributed by atoms with E-state index in [0.717, 1.165) is 6.92 Å². The lowest BCUT2D eigenvalue weighted by molar-refractivity contribution is -0.169. The summed E-state index contributed by atoms with van der Waals surface area (Å²) in [5, 5.41) is 0. The van der Waals surface area contributed by atoms with E-state index in [2.05, 4.69) is 9.47 Å². The number of hydrogen-bond acceptors (Lipinski definition) is 5. The van der Waals surface area contributed by atoms with Crippen molar-refractivity contribution < 1.29 is 23.9 Å². The van der Waals surface area contributed by atoms with E-state index in [0.29, 0.717) is 0 Å².